The first-order chi connectivity index (χ1) is 3.52. The van der Waals surface area contributed by atoms with Crippen LogP contribution >= 0.6 is 0 Å². The highest BCUT2D eigenvalue weighted by Gasteiger charge is 2.55. The Morgan fingerprint density at radius 3 is 1.75 bits per heavy atom. The van der Waals surface area contributed by atoms with Crippen LogP contribution in [0.1, 0.15) is 6.92 Å². The largest absolute Gasteiger partial charge is 0.417 e. The number of rotatable bonds is 0. The summed E-state index contributed by atoms with van der Waals surface area (Å²) in [6.45, 7) is 1.40. The monoisotopic (exact) mass is 126 g/mol. The van der Waals surface area contributed by atoms with Crippen LogP contribution in [0.5, 0.6) is 0 Å². The Morgan fingerprint density at radius 1 is 1.38 bits per heavy atom. The summed E-state index contributed by atoms with van der Waals surface area (Å²) < 4.78 is 38.3. The van der Waals surface area contributed by atoms with Gasteiger partial charge in [0.05, 0.1) is 6.10 Å². The Morgan fingerprint density at radius 2 is 1.75 bits per heavy atom. The molecule has 48 valence electrons. The summed E-state index contributed by atoms with van der Waals surface area (Å²) in [6, 6.07) is 0. The molecule has 8 heavy (non-hydrogen) atoms. The van der Waals surface area contributed by atoms with Crippen LogP contribution in [0.3, 0.4) is 0 Å². The average Bonchev–Trinajstić information content (AvgIpc) is 2.13. The maximum Gasteiger partial charge on any atom is 0.417 e. The Kier molecular flexibility index (Phi) is 1.01. The second-order valence-corrected chi connectivity index (χ2v) is 1.80. The first-order valence-corrected chi connectivity index (χ1v) is 2.24. The maximum atomic E-state index is 11.4. The third kappa shape index (κ3) is 0.940. The second-order valence-electron chi connectivity index (χ2n) is 1.80. The average molecular weight is 126 g/mol. The SMILES string of the molecule is CC1OC1C(F)(F)F. The van der Waals surface area contributed by atoms with Crippen LogP contribution in [-0.4, -0.2) is 18.4 Å². The number of ether oxygens (including phenoxy) is 1. The smallest absolute Gasteiger partial charge is 0.360 e. The first-order valence-electron chi connectivity index (χ1n) is 2.24. The van der Waals surface area contributed by atoms with Crippen LogP contribution in [0.15, 0.2) is 0 Å². The molecule has 0 amide bonds. The molecule has 0 bridgehead atoms. The Balaban J connectivity index is 2.39. The van der Waals surface area contributed by atoms with Gasteiger partial charge in [0, 0.05) is 0 Å². The fourth-order valence-corrected chi connectivity index (χ4v) is 0.529. The summed E-state index contributed by atoms with van der Waals surface area (Å²) in [7, 11) is 0. The van der Waals surface area contributed by atoms with Crippen LogP contribution in [-0.2, 0) is 4.74 Å². The second kappa shape index (κ2) is 1.37. The third-order valence-electron chi connectivity index (χ3n) is 1.03. The molecule has 0 aliphatic carbocycles. The summed E-state index contributed by atoms with van der Waals surface area (Å²) in [5.41, 5.74) is 0. The lowest BCUT2D eigenvalue weighted by molar-refractivity contribution is -0.146. The van der Waals surface area contributed by atoms with Gasteiger partial charge >= 0.3 is 6.18 Å². The third-order valence-corrected chi connectivity index (χ3v) is 1.03. The molecule has 1 nitrogen and oxygen atoms in total. The quantitative estimate of drug-likeness (QED) is 0.446. The van der Waals surface area contributed by atoms with Gasteiger partial charge < -0.3 is 4.74 Å². The minimum absolute atomic E-state index is 0.616. The fourth-order valence-electron chi connectivity index (χ4n) is 0.529. The molecule has 2 atom stereocenters. The fraction of sp³-hybridized carbons (Fsp3) is 1.00. The number of hydrogen-bond donors (Lipinski definition) is 0. The van der Waals surface area contributed by atoms with Gasteiger partial charge in [-0.2, -0.15) is 13.2 Å². The van der Waals surface area contributed by atoms with Crippen molar-refractivity contribution in [2.45, 2.75) is 25.3 Å². The lowest BCUT2D eigenvalue weighted by Crippen LogP contribution is -2.17. The van der Waals surface area contributed by atoms with Crippen molar-refractivity contribution in [3.63, 3.8) is 0 Å². The van der Waals surface area contributed by atoms with E-state index >= 15 is 0 Å². The molecule has 2 unspecified atom stereocenters. The summed E-state index contributed by atoms with van der Waals surface area (Å²) in [6.07, 6.45) is -6.24. The molecule has 1 aliphatic heterocycles. The molecule has 0 radical (unpaired) electrons. The Bertz CT molecular complexity index is 97.9. The molecular formula is C4H5F3O. The zero-order valence-electron chi connectivity index (χ0n) is 4.20. The zero-order chi connectivity index (χ0) is 6.36. The minimum atomic E-state index is -4.14. The van der Waals surface area contributed by atoms with Gasteiger partial charge in [0.15, 0.2) is 6.10 Å². The summed E-state index contributed by atoms with van der Waals surface area (Å²) in [5.74, 6) is 0. The molecule has 1 rings (SSSR count). The van der Waals surface area contributed by atoms with Gasteiger partial charge in [0.25, 0.3) is 0 Å². The molecule has 0 aromatic rings. The van der Waals surface area contributed by atoms with E-state index in [1.807, 2.05) is 0 Å². The zero-order valence-corrected chi connectivity index (χ0v) is 4.20. The molecule has 0 aromatic carbocycles. The van der Waals surface area contributed by atoms with Gasteiger partial charge in [-0.05, 0) is 6.92 Å². The van der Waals surface area contributed by atoms with Crippen molar-refractivity contribution in [1.82, 2.24) is 0 Å². The molecule has 1 heterocycles. The van der Waals surface area contributed by atoms with Gasteiger partial charge in [-0.25, -0.2) is 0 Å². The van der Waals surface area contributed by atoms with Crippen molar-refractivity contribution in [3.8, 4) is 0 Å². The summed E-state index contributed by atoms with van der Waals surface area (Å²) in [5, 5.41) is 0. The minimum Gasteiger partial charge on any atom is -0.360 e. The lowest BCUT2D eigenvalue weighted by Gasteiger charge is -1.97. The van der Waals surface area contributed by atoms with Gasteiger partial charge in [-0.15, -0.1) is 0 Å². The van der Waals surface area contributed by atoms with E-state index in [4.69, 9.17) is 0 Å². The van der Waals surface area contributed by atoms with E-state index in [-0.39, 0.29) is 0 Å². The summed E-state index contributed by atoms with van der Waals surface area (Å²) >= 11 is 0. The molecule has 1 saturated heterocycles. The highest BCUT2D eigenvalue weighted by atomic mass is 19.4. The molecule has 0 spiro atoms. The van der Waals surface area contributed by atoms with E-state index in [1.165, 1.54) is 6.92 Å². The number of hydrogen-bond acceptors (Lipinski definition) is 1. The van der Waals surface area contributed by atoms with Crippen molar-refractivity contribution >= 4 is 0 Å². The molecule has 4 heteroatoms. The van der Waals surface area contributed by atoms with Crippen molar-refractivity contribution < 1.29 is 17.9 Å². The molecule has 1 aliphatic rings. The highest BCUT2D eigenvalue weighted by molar-refractivity contribution is 4.86. The predicted octanol–water partition coefficient (Wildman–Crippen LogP) is 1.34. The van der Waals surface area contributed by atoms with Crippen molar-refractivity contribution in [2.24, 2.45) is 0 Å². The Labute approximate surface area is 44.4 Å². The Hall–Kier alpha value is -0.250. The van der Waals surface area contributed by atoms with Crippen LogP contribution in [0, 0.1) is 0 Å². The summed E-state index contributed by atoms with van der Waals surface area (Å²) in [4.78, 5) is 0. The van der Waals surface area contributed by atoms with Crippen LogP contribution < -0.4 is 0 Å². The van der Waals surface area contributed by atoms with E-state index in [9.17, 15) is 13.2 Å². The molecular weight excluding hydrogens is 121 g/mol. The maximum absolute atomic E-state index is 11.4. The first kappa shape index (κ1) is 5.88. The van der Waals surface area contributed by atoms with E-state index in [0.717, 1.165) is 0 Å². The van der Waals surface area contributed by atoms with Gasteiger partial charge in [0.2, 0.25) is 0 Å². The number of alkyl halides is 3. The van der Waals surface area contributed by atoms with Gasteiger partial charge in [-0.3, -0.25) is 0 Å². The molecule has 0 aromatic heterocycles. The van der Waals surface area contributed by atoms with E-state index < -0.39 is 18.4 Å². The molecule has 0 N–H and O–H groups in total. The highest BCUT2D eigenvalue weighted by Crippen LogP contribution is 2.36. The number of epoxide rings is 1. The van der Waals surface area contributed by atoms with Crippen LogP contribution in [0.25, 0.3) is 0 Å². The topological polar surface area (TPSA) is 12.5 Å². The number of halogens is 3. The normalized spacial score (nSPS) is 37.5. The predicted molar refractivity (Wildman–Crippen MR) is 20.4 cm³/mol. The van der Waals surface area contributed by atoms with E-state index in [2.05, 4.69) is 4.74 Å². The van der Waals surface area contributed by atoms with Crippen LogP contribution in [0.4, 0.5) is 13.2 Å². The van der Waals surface area contributed by atoms with E-state index in [1.54, 1.807) is 0 Å². The van der Waals surface area contributed by atoms with Crippen LogP contribution in [0.2, 0.25) is 0 Å². The van der Waals surface area contributed by atoms with Gasteiger partial charge in [-0.1, -0.05) is 0 Å². The molecule has 0 saturated carbocycles. The standard InChI is InChI=1S/C4H5F3O/c1-2-3(8-2)4(5,6)7/h2-3H,1H3. The van der Waals surface area contributed by atoms with Gasteiger partial charge in [0.1, 0.15) is 0 Å². The molecule has 1 fully saturated rings. The van der Waals surface area contributed by atoms with Crippen molar-refractivity contribution in [1.29, 1.82) is 0 Å². The van der Waals surface area contributed by atoms with Crippen molar-refractivity contribution in [3.05, 3.63) is 0 Å². The van der Waals surface area contributed by atoms with E-state index in [0.29, 0.717) is 0 Å². The van der Waals surface area contributed by atoms with Crippen molar-refractivity contribution in [2.75, 3.05) is 0 Å². The lowest BCUT2D eigenvalue weighted by atomic mass is 10.3.